The fraction of sp³-hybridized carbons (Fsp3) is 0.933. The van der Waals surface area contributed by atoms with Gasteiger partial charge < -0.3 is 15.3 Å². The second kappa shape index (κ2) is 7.32. The number of aliphatic hydroxyl groups excluding tert-OH is 3. The van der Waals surface area contributed by atoms with E-state index < -0.39 is 17.6 Å². The normalized spacial score (nSPS) is 60.7. The minimum atomic E-state index is -0.838. The van der Waals surface area contributed by atoms with Crippen molar-refractivity contribution in [2.75, 3.05) is 6.61 Å². The molecule has 0 radical (unpaired) electrons. The number of rotatable bonds is 1. The summed E-state index contributed by atoms with van der Waals surface area (Å²) >= 11 is 0. The van der Waals surface area contributed by atoms with E-state index in [4.69, 9.17) is 0 Å². The van der Waals surface area contributed by atoms with E-state index in [1.54, 1.807) is 5.57 Å². The quantitative estimate of drug-likeness (QED) is 0.424. The molecule has 3 heteroatoms. The maximum absolute atomic E-state index is 11.0. The molecule has 188 valence electrons. The van der Waals surface area contributed by atoms with E-state index >= 15 is 0 Å². The lowest BCUT2D eigenvalue weighted by Crippen LogP contribution is -2.68. The van der Waals surface area contributed by atoms with Crippen LogP contribution in [0.2, 0.25) is 0 Å². The Balaban J connectivity index is 1.60. The third-order valence-corrected chi connectivity index (χ3v) is 13.5. The molecule has 1 unspecified atom stereocenters. The molecule has 0 aromatic rings. The summed E-state index contributed by atoms with van der Waals surface area (Å²) in [4.78, 5) is 0. The Morgan fingerprint density at radius 1 is 0.909 bits per heavy atom. The van der Waals surface area contributed by atoms with Gasteiger partial charge in [-0.1, -0.05) is 60.1 Å². The van der Waals surface area contributed by atoms with Crippen LogP contribution in [0.1, 0.15) is 99.8 Å². The van der Waals surface area contributed by atoms with E-state index in [0.717, 1.165) is 31.1 Å². The molecule has 5 aliphatic rings. The zero-order valence-electron chi connectivity index (χ0n) is 22.3. The molecule has 3 N–H and O–H groups in total. The lowest BCUT2D eigenvalue weighted by Gasteiger charge is -2.72. The average molecular weight is 459 g/mol. The van der Waals surface area contributed by atoms with Gasteiger partial charge in [0.15, 0.2) is 0 Å². The Kier molecular flexibility index (Phi) is 5.40. The van der Waals surface area contributed by atoms with Crippen molar-refractivity contribution < 1.29 is 15.3 Å². The molecular weight excluding hydrogens is 408 g/mol. The van der Waals surface area contributed by atoms with Crippen molar-refractivity contribution in [3.8, 4) is 0 Å². The molecular formula is C30H50O3. The molecule has 5 aliphatic carbocycles. The maximum Gasteiger partial charge on any atom is 0.0877 e. The third-order valence-electron chi connectivity index (χ3n) is 13.5. The standard InChI is InChI=1S/C30H50O3/c1-18-10-12-26(3)14-15-29(6)20(24(26)19(18)2)8-9-23-27(4)16-21(32)25(33)28(5,17-31)22(27)11-13-30(23,29)7/h8,18-19,21-25,31-33H,9-17H2,1-7H3/t18-,19+,21-,22?,23-,24+,25+,26-,27+,28+,29-,30-/m1/s1. The van der Waals surface area contributed by atoms with Gasteiger partial charge in [-0.2, -0.15) is 0 Å². The first kappa shape index (κ1) is 24.3. The van der Waals surface area contributed by atoms with Gasteiger partial charge in [0.25, 0.3) is 0 Å². The van der Waals surface area contributed by atoms with Gasteiger partial charge in [-0.3, -0.25) is 0 Å². The van der Waals surface area contributed by atoms with Crippen LogP contribution in [0.15, 0.2) is 11.6 Å². The highest BCUT2D eigenvalue weighted by molar-refractivity contribution is 5.34. The van der Waals surface area contributed by atoms with Gasteiger partial charge in [0.2, 0.25) is 0 Å². The monoisotopic (exact) mass is 458 g/mol. The molecule has 0 aromatic carbocycles. The van der Waals surface area contributed by atoms with E-state index in [2.05, 4.69) is 47.6 Å². The first-order chi connectivity index (χ1) is 15.3. The van der Waals surface area contributed by atoms with Gasteiger partial charge in [0.05, 0.1) is 18.8 Å². The first-order valence-corrected chi connectivity index (χ1v) is 14.0. The highest BCUT2D eigenvalue weighted by Gasteiger charge is 2.69. The van der Waals surface area contributed by atoms with Gasteiger partial charge in [0, 0.05) is 5.41 Å². The zero-order valence-corrected chi connectivity index (χ0v) is 22.3. The van der Waals surface area contributed by atoms with Gasteiger partial charge in [0.1, 0.15) is 0 Å². The van der Waals surface area contributed by atoms with E-state index in [0.29, 0.717) is 23.7 Å². The predicted molar refractivity (Wildman–Crippen MR) is 133 cm³/mol. The molecule has 4 saturated carbocycles. The third kappa shape index (κ3) is 2.85. The number of aliphatic hydroxyl groups is 3. The Morgan fingerprint density at radius 3 is 2.27 bits per heavy atom. The van der Waals surface area contributed by atoms with Crippen molar-refractivity contribution >= 4 is 0 Å². The molecule has 0 heterocycles. The summed E-state index contributed by atoms with van der Waals surface area (Å²) in [5.41, 5.74) is 1.93. The van der Waals surface area contributed by atoms with Crippen molar-refractivity contribution in [2.24, 2.45) is 56.7 Å². The number of allylic oxidation sites excluding steroid dienone is 2. The van der Waals surface area contributed by atoms with Crippen LogP contribution >= 0.6 is 0 Å². The summed E-state index contributed by atoms with van der Waals surface area (Å²) in [5.74, 6) is 2.96. The zero-order chi connectivity index (χ0) is 24.2. The molecule has 0 bridgehead atoms. The number of hydrogen-bond acceptors (Lipinski definition) is 3. The van der Waals surface area contributed by atoms with E-state index in [-0.39, 0.29) is 28.8 Å². The topological polar surface area (TPSA) is 60.7 Å². The number of fused-ring (bicyclic) bond motifs is 7. The molecule has 0 amide bonds. The van der Waals surface area contributed by atoms with Crippen LogP contribution in [-0.4, -0.2) is 34.1 Å². The van der Waals surface area contributed by atoms with E-state index in [1.165, 1.54) is 25.7 Å². The molecule has 0 spiro atoms. The van der Waals surface area contributed by atoms with Crippen molar-refractivity contribution in [3.63, 3.8) is 0 Å². The smallest absolute Gasteiger partial charge is 0.0877 e. The molecule has 0 aromatic heterocycles. The summed E-state index contributed by atoms with van der Waals surface area (Å²) in [7, 11) is 0. The van der Waals surface area contributed by atoms with Crippen molar-refractivity contribution in [2.45, 2.75) is 112 Å². The van der Waals surface area contributed by atoms with Crippen molar-refractivity contribution in [3.05, 3.63) is 11.6 Å². The predicted octanol–water partition coefficient (Wildman–Crippen LogP) is 5.97. The number of hydrogen-bond donors (Lipinski definition) is 3. The van der Waals surface area contributed by atoms with Crippen LogP contribution in [0.25, 0.3) is 0 Å². The summed E-state index contributed by atoms with van der Waals surface area (Å²) in [5, 5.41) is 32.4. The second-order valence-electron chi connectivity index (χ2n) is 14.7. The summed E-state index contributed by atoms with van der Waals surface area (Å²) in [6, 6.07) is 0. The van der Waals surface area contributed by atoms with Crippen LogP contribution in [0.3, 0.4) is 0 Å². The van der Waals surface area contributed by atoms with Crippen molar-refractivity contribution in [1.82, 2.24) is 0 Å². The molecule has 33 heavy (non-hydrogen) atoms. The minimum Gasteiger partial charge on any atom is -0.396 e. The summed E-state index contributed by atoms with van der Waals surface area (Å²) < 4.78 is 0. The Bertz CT molecular complexity index is 836. The largest absolute Gasteiger partial charge is 0.396 e. The van der Waals surface area contributed by atoms with E-state index in [1.807, 2.05) is 6.92 Å². The van der Waals surface area contributed by atoms with Gasteiger partial charge in [-0.25, -0.2) is 0 Å². The van der Waals surface area contributed by atoms with E-state index in [9.17, 15) is 15.3 Å². The first-order valence-electron chi connectivity index (χ1n) is 14.0. The fourth-order valence-corrected chi connectivity index (χ4v) is 11.0. The van der Waals surface area contributed by atoms with Crippen LogP contribution in [0.5, 0.6) is 0 Å². The molecule has 0 aliphatic heterocycles. The second-order valence-corrected chi connectivity index (χ2v) is 14.7. The SMILES string of the molecule is C[C@H]1[C@H](C)CC[C@]2(C)CC[C@]3(C)C(=CC[C@@H]4[C@@]5(C)C[C@@H](O)[C@H](O)[C@@](C)(CO)C5CC[C@]43C)[C@H]12. The highest BCUT2D eigenvalue weighted by Crippen LogP contribution is 2.75. The summed E-state index contributed by atoms with van der Waals surface area (Å²) in [6.45, 7) is 17.1. The fourth-order valence-electron chi connectivity index (χ4n) is 11.0. The van der Waals surface area contributed by atoms with Crippen LogP contribution < -0.4 is 0 Å². The average Bonchev–Trinajstić information content (AvgIpc) is 2.76. The van der Waals surface area contributed by atoms with Gasteiger partial charge >= 0.3 is 0 Å². The maximum atomic E-state index is 11.0. The molecule has 0 saturated heterocycles. The molecule has 12 atom stereocenters. The van der Waals surface area contributed by atoms with Gasteiger partial charge in [-0.05, 0) is 103 Å². The molecule has 5 rings (SSSR count). The Hall–Kier alpha value is -0.380. The highest BCUT2D eigenvalue weighted by atomic mass is 16.3. The minimum absolute atomic E-state index is 0.0525. The Morgan fingerprint density at radius 2 is 1.61 bits per heavy atom. The molecule has 4 fully saturated rings. The Labute approximate surface area is 202 Å². The molecule has 3 nitrogen and oxygen atoms in total. The summed E-state index contributed by atoms with van der Waals surface area (Å²) in [6.07, 6.45) is 10.4. The van der Waals surface area contributed by atoms with Gasteiger partial charge in [-0.15, -0.1) is 0 Å². The van der Waals surface area contributed by atoms with Crippen LogP contribution in [-0.2, 0) is 0 Å². The van der Waals surface area contributed by atoms with Crippen LogP contribution in [0, 0.1) is 56.7 Å². The van der Waals surface area contributed by atoms with Crippen LogP contribution in [0.4, 0.5) is 0 Å². The van der Waals surface area contributed by atoms with Crippen molar-refractivity contribution in [1.29, 1.82) is 0 Å². The lowest BCUT2D eigenvalue weighted by molar-refractivity contribution is -0.243. The lowest BCUT2D eigenvalue weighted by atomic mass is 9.33.